The number of methoxy groups -OCH3 is 1. The van der Waals surface area contributed by atoms with Crippen LogP contribution in [0.15, 0.2) is 48.5 Å². The fourth-order valence-corrected chi connectivity index (χ4v) is 4.83. The Balaban J connectivity index is 1.46. The fourth-order valence-electron chi connectivity index (χ4n) is 4.83. The number of likely N-dealkylation sites (tertiary alicyclic amines) is 1. The van der Waals surface area contributed by atoms with E-state index < -0.39 is 12.1 Å². The van der Waals surface area contributed by atoms with E-state index in [1.54, 1.807) is 11.8 Å². The zero-order valence-electron chi connectivity index (χ0n) is 22.2. The topological polar surface area (TPSA) is 60.2 Å². The number of hydrogen-bond donors (Lipinski definition) is 0. The smallest absolute Gasteiger partial charge is 0.391 e. The van der Waals surface area contributed by atoms with Crippen LogP contribution in [0.1, 0.15) is 38.7 Å². The molecule has 0 radical (unpaired) electrons. The number of carbonyl (C=O) groups is 1. The molecule has 0 aliphatic carbocycles. The minimum Gasteiger partial charge on any atom is -0.497 e. The van der Waals surface area contributed by atoms with Crippen LogP contribution in [0.5, 0.6) is 5.75 Å². The van der Waals surface area contributed by atoms with Crippen LogP contribution in [0.2, 0.25) is 0 Å². The highest BCUT2D eigenvalue weighted by molar-refractivity contribution is 5.79. The highest BCUT2D eigenvalue weighted by atomic mass is 19.4. The minimum atomic E-state index is -4.09. The highest BCUT2D eigenvalue weighted by Crippen LogP contribution is 2.34. The van der Waals surface area contributed by atoms with E-state index in [1.165, 1.54) is 0 Å². The van der Waals surface area contributed by atoms with Gasteiger partial charge in [-0.05, 0) is 56.0 Å². The van der Waals surface area contributed by atoms with Gasteiger partial charge in [-0.2, -0.15) is 13.2 Å². The third kappa shape index (κ3) is 7.22. The third-order valence-electron chi connectivity index (χ3n) is 6.94. The van der Waals surface area contributed by atoms with Crippen molar-refractivity contribution in [3.8, 4) is 28.5 Å². The molecule has 4 rings (SSSR count). The predicted octanol–water partition coefficient (Wildman–Crippen LogP) is 6.05. The molecule has 1 aromatic heterocycles. The van der Waals surface area contributed by atoms with E-state index >= 15 is 0 Å². The van der Waals surface area contributed by atoms with Crippen molar-refractivity contribution in [2.75, 3.05) is 26.7 Å². The van der Waals surface area contributed by atoms with Gasteiger partial charge in [-0.25, -0.2) is 9.67 Å². The second kappa shape index (κ2) is 12.1. The number of ether oxygens (including phenoxy) is 1. The summed E-state index contributed by atoms with van der Waals surface area (Å²) in [6, 6.07) is 15.4. The van der Waals surface area contributed by atoms with E-state index in [-0.39, 0.29) is 31.1 Å². The lowest BCUT2D eigenvalue weighted by Crippen LogP contribution is -2.39. The number of carbonyl (C=O) groups excluding carboxylic acids is 1. The highest BCUT2D eigenvalue weighted by Gasteiger charge is 2.40. The molecular weight excluding hydrogens is 493 g/mol. The summed E-state index contributed by atoms with van der Waals surface area (Å²) in [7, 11) is 1.60. The zero-order valence-corrected chi connectivity index (χ0v) is 22.2. The Labute approximate surface area is 221 Å². The van der Waals surface area contributed by atoms with Crippen LogP contribution >= 0.6 is 0 Å². The average Bonchev–Trinajstić information content (AvgIpc) is 3.30. The number of rotatable bonds is 10. The SMILES string of the molecule is COc1cccc(-c2nc(-c3ccc(CCN4CCC(C(F)(F)F)CC4)cc3)nn2CC(=O)CC(C)C)c1. The van der Waals surface area contributed by atoms with Gasteiger partial charge in [0.25, 0.3) is 0 Å². The first-order valence-corrected chi connectivity index (χ1v) is 13.1. The van der Waals surface area contributed by atoms with Gasteiger partial charge in [0.15, 0.2) is 17.4 Å². The van der Waals surface area contributed by atoms with E-state index in [2.05, 4.69) is 10.00 Å². The number of alkyl halides is 3. The van der Waals surface area contributed by atoms with Crippen LogP contribution in [0, 0.1) is 11.8 Å². The number of halogens is 3. The maximum Gasteiger partial charge on any atom is 0.391 e. The fraction of sp³-hybridized carbons (Fsp3) is 0.483. The molecule has 3 aromatic rings. The second-order valence-electron chi connectivity index (χ2n) is 10.4. The van der Waals surface area contributed by atoms with E-state index in [4.69, 9.17) is 9.72 Å². The summed E-state index contributed by atoms with van der Waals surface area (Å²) in [4.78, 5) is 19.5. The normalized spacial score (nSPS) is 15.2. The molecule has 204 valence electrons. The minimum absolute atomic E-state index is 0.0928. The Morgan fingerprint density at radius 3 is 2.42 bits per heavy atom. The molecule has 0 spiro atoms. The summed E-state index contributed by atoms with van der Waals surface area (Å²) in [5.74, 6) is 1.000. The van der Waals surface area contributed by atoms with E-state index in [0.29, 0.717) is 36.9 Å². The van der Waals surface area contributed by atoms with Gasteiger partial charge < -0.3 is 9.64 Å². The number of hydrogen-bond acceptors (Lipinski definition) is 5. The summed E-state index contributed by atoms with van der Waals surface area (Å²) in [6.45, 7) is 5.85. The van der Waals surface area contributed by atoms with Gasteiger partial charge in [0.2, 0.25) is 0 Å². The van der Waals surface area contributed by atoms with Crippen molar-refractivity contribution in [2.24, 2.45) is 11.8 Å². The van der Waals surface area contributed by atoms with Gasteiger partial charge >= 0.3 is 6.18 Å². The van der Waals surface area contributed by atoms with Crippen molar-refractivity contribution in [2.45, 2.75) is 52.3 Å². The number of benzene rings is 2. The van der Waals surface area contributed by atoms with Crippen molar-refractivity contribution in [3.63, 3.8) is 0 Å². The first-order chi connectivity index (χ1) is 18.1. The Bertz CT molecular complexity index is 1210. The number of Topliss-reactive ketones (excluding diaryl/α,β-unsaturated/α-hetero) is 1. The lowest BCUT2D eigenvalue weighted by molar-refractivity contribution is -0.185. The van der Waals surface area contributed by atoms with Gasteiger partial charge in [-0.15, -0.1) is 5.10 Å². The van der Waals surface area contributed by atoms with Crippen molar-refractivity contribution >= 4 is 5.78 Å². The molecule has 1 aliphatic heterocycles. The van der Waals surface area contributed by atoms with Crippen molar-refractivity contribution in [1.29, 1.82) is 0 Å². The summed E-state index contributed by atoms with van der Waals surface area (Å²) >= 11 is 0. The van der Waals surface area contributed by atoms with Crippen LogP contribution in [-0.2, 0) is 17.8 Å². The number of nitrogens with zero attached hydrogens (tertiary/aromatic N) is 4. The first kappa shape index (κ1) is 27.8. The number of piperidine rings is 1. The molecule has 38 heavy (non-hydrogen) atoms. The van der Waals surface area contributed by atoms with Crippen LogP contribution in [0.4, 0.5) is 13.2 Å². The maximum absolute atomic E-state index is 12.9. The molecule has 1 fully saturated rings. The van der Waals surface area contributed by atoms with Crippen LogP contribution in [0.25, 0.3) is 22.8 Å². The lowest BCUT2D eigenvalue weighted by Gasteiger charge is -2.32. The van der Waals surface area contributed by atoms with E-state index in [0.717, 1.165) is 29.7 Å². The standard InChI is InChI=1S/C29H35F3N4O2/c1-20(2)17-25(37)19-36-28(23-5-4-6-26(18-23)38-3)33-27(34-36)22-9-7-21(8-10-22)11-14-35-15-12-24(13-16-35)29(30,31)32/h4-10,18,20,24H,11-17,19H2,1-3H3. The molecule has 2 heterocycles. The molecule has 0 atom stereocenters. The van der Waals surface area contributed by atoms with Crippen molar-refractivity contribution < 1.29 is 22.7 Å². The Morgan fingerprint density at radius 1 is 1.08 bits per heavy atom. The maximum atomic E-state index is 12.9. The summed E-state index contributed by atoms with van der Waals surface area (Å²) in [5.41, 5.74) is 2.75. The van der Waals surface area contributed by atoms with Crippen molar-refractivity contribution in [3.05, 3.63) is 54.1 Å². The summed E-state index contributed by atoms with van der Waals surface area (Å²) in [5, 5.41) is 4.68. The zero-order chi connectivity index (χ0) is 27.3. The van der Waals surface area contributed by atoms with Gasteiger partial charge in [-0.1, -0.05) is 50.2 Å². The van der Waals surface area contributed by atoms with E-state index in [9.17, 15) is 18.0 Å². The molecule has 0 amide bonds. The Kier molecular flexibility index (Phi) is 8.87. The summed E-state index contributed by atoms with van der Waals surface area (Å²) < 4.78 is 45.8. The van der Waals surface area contributed by atoms with Crippen LogP contribution < -0.4 is 4.74 Å². The molecule has 1 saturated heterocycles. The monoisotopic (exact) mass is 528 g/mol. The number of aromatic nitrogens is 3. The molecular formula is C29H35F3N4O2. The molecule has 2 aromatic carbocycles. The largest absolute Gasteiger partial charge is 0.497 e. The van der Waals surface area contributed by atoms with Gasteiger partial charge in [-0.3, -0.25) is 4.79 Å². The van der Waals surface area contributed by atoms with Crippen molar-refractivity contribution in [1.82, 2.24) is 19.7 Å². The quantitative estimate of drug-likeness (QED) is 0.321. The van der Waals surface area contributed by atoms with Gasteiger partial charge in [0.1, 0.15) is 12.3 Å². The predicted molar refractivity (Wildman–Crippen MR) is 141 cm³/mol. The molecule has 6 nitrogen and oxygen atoms in total. The molecule has 0 N–H and O–H groups in total. The third-order valence-corrected chi connectivity index (χ3v) is 6.94. The van der Waals surface area contributed by atoms with Crippen LogP contribution in [0.3, 0.4) is 0 Å². The van der Waals surface area contributed by atoms with E-state index in [1.807, 2.05) is 62.4 Å². The average molecular weight is 529 g/mol. The second-order valence-corrected chi connectivity index (χ2v) is 10.4. The molecule has 0 saturated carbocycles. The first-order valence-electron chi connectivity index (χ1n) is 13.1. The Hall–Kier alpha value is -3.20. The molecule has 1 aliphatic rings. The van der Waals surface area contributed by atoms with Gasteiger partial charge in [0.05, 0.1) is 13.0 Å². The molecule has 9 heteroatoms. The molecule has 0 bridgehead atoms. The van der Waals surface area contributed by atoms with Gasteiger partial charge in [0, 0.05) is 24.1 Å². The summed E-state index contributed by atoms with van der Waals surface area (Å²) in [6.07, 6.45) is -2.51. The Morgan fingerprint density at radius 2 is 1.79 bits per heavy atom. The lowest BCUT2D eigenvalue weighted by atomic mass is 9.96. The molecule has 0 unspecified atom stereocenters. The number of ketones is 1. The van der Waals surface area contributed by atoms with Crippen LogP contribution in [-0.4, -0.2) is 58.4 Å².